The smallest absolute Gasteiger partial charge is 0.315 e. The highest BCUT2D eigenvalue weighted by atomic mass is 32.2. The molecule has 1 fully saturated rings. The molecule has 0 heterocycles. The number of amides is 2. The summed E-state index contributed by atoms with van der Waals surface area (Å²) in [6.07, 6.45) is 8.46. The predicted octanol–water partition coefficient (Wildman–Crippen LogP) is 1.30. The molecular formula is C15H26N2O3S. The minimum absolute atomic E-state index is 0.00584. The number of aliphatic hydroxyl groups excluding tert-OH is 1. The summed E-state index contributed by atoms with van der Waals surface area (Å²) >= 11 is 0. The summed E-state index contributed by atoms with van der Waals surface area (Å²) in [5.74, 6) is 0.847. The third-order valence-corrected chi connectivity index (χ3v) is 6.08. The van der Waals surface area contributed by atoms with E-state index in [1.165, 1.54) is 0 Å². The van der Waals surface area contributed by atoms with Gasteiger partial charge in [-0.05, 0) is 25.7 Å². The van der Waals surface area contributed by atoms with E-state index in [1.807, 2.05) is 19.1 Å². The van der Waals surface area contributed by atoms with Crippen LogP contribution in [-0.4, -0.2) is 45.0 Å². The maximum atomic E-state index is 12.0. The average molecular weight is 314 g/mol. The van der Waals surface area contributed by atoms with Crippen molar-refractivity contribution in [1.82, 2.24) is 10.6 Å². The Kier molecular flexibility index (Phi) is 6.23. The summed E-state index contributed by atoms with van der Waals surface area (Å²) in [5.41, 5.74) is 0. The first-order valence-corrected chi connectivity index (χ1v) is 9.24. The quantitative estimate of drug-likeness (QED) is 0.669. The van der Waals surface area contributed by atoms with Crippen molar-refractivity contribution in [2.45, 2.75) is 56.4 Å². The van der Waals surface area contributed by atoms with E-state index in [0.717, 1.165) is 32.1 Å². The van der Waals surface area contributed by atoms with Crippen LogP contribution in [0.2, 0.25) is 0 Å². The standard InChI is InChI=1S/C15H26N2O3S/c1-2-21(20)14-5-3-4-12(9-14)16-15(19)17-13-7-6-11(8-13)10-18/h6-7,11-14,18H,2-5,8-10H2,1H3,(H2,16,17,19)/t11-,12?,13+,14?,21?/m0/s1. The van der Waals surface area contributed by atoms with Gasteiger partial charge in [-0.3, -0.25) is 4.21 Å². The van der Waals surface area contributed by atoms with E-state index in [1.54, 1.807) is 0 Å². The van der Waals surface area contributed by atoms with Crippen molar-refractivity contribution < 1.29 is 14.1 Å². The van der Waals surface area contributed by atoms with Gasteiger partial charge in [-0.25, -0.2) is 4.79 Å². The molecule has 3 N–H and O–H groups in total. The van der Waals surface area contributed by atoms with Crippen LogP contribution in [0.25, 0.3) is 0 Å². The summed E-state index contributed by atoms with van der Waals surface area (Å²) in [7, 11) is -0.770. The fourth-order valence-corrected chi connectivity index (χ4v) is 4.51. The molecule has 21 heavy (non-hydrogen) atoms. The van der Waals surface area contributed by atoms with Gasteiger partial charge in [-0.2, -0.15) is 0 Å². The molecule has 0 aliphatic heterocycles. The first kappa shape index (κ1) is 16.5. The van der Waals surface area contributed by atoms with Crippen molar-refractivity contribution in [3.05, 3.63) is 12.2 Å². The predicted molar refractivity (Wildman–Crippen MR) is 84.5 cm³/mol. The Bertz CT molecular complexity index is 414. The van der Waals surface area contributed by atoms with Gasteiger partial charge >= 0.3 is 6.03 Å². The second-order valence-electron chi connectivity index (χ2n) is 5.94. The molecule has 0 aromatic carbocycles. The van der Waals surface area contributed by atoms with Crippen molar-refractivity contribution in [1.29, 1.82) is 0 Å². The molecule has 5 nitrogen and oxygen atoms in total. The van der Waals surface area contributed by atoms with Crippen LogP contribution in [0.15, 0.2) is 12.2 Å². The monoisotopic (exact) mass is 314 g/mol. The molecule has 1 saturated carbocycles. The topological polar surface area (TPSA) is 78.4 Å². The second-order valence-corrected chi connectivity index (χ2v) is 7.95. The van der Waals surface area contributed by atoms with E-state index in [2.05, 4.69) is 10.6 Å². The summed E-state index contributed by atoms with van der Waals surface area (Å²) in [6, 6.07) is -0.0271. The zero-order valence-electron chi connectivity index (χ0n) is 12.6. The average Bonchev–Trinajstić information content (AvgIpc) is 2.94. The summed E-state index contributed by atoms with van der Waals surface area (Å²) in [5, 5.41) is 15.2. The maximum absolute atomic E-state index is 12.0. The van der Waals surface area contributed by atoms with Gasteiger partial charge in [-0.1, -0.05) is 25.5 Å². The van der Waals surface area contributed by atoms with Crippen molar-refractivity contribution in [3.63, 3.8) is 0 Å². The van der Waals surface area contributed by atoms with E-state index >= 15 is 0 Å². The number of hydrogen-bond acceptors (Lipinski definition) is 3. The molecule has 5 atom stereocenters. The molecule has 2 aliphatic rings. The van der Waals surface area contributed by atoms with Crippen LogP contribution in [0.3, 0.4) is 0 Å². The fraction of sp³-hybridized carbons (Fsp3) is 0.800. The largest absolute Gasteiger partial charge is 0.396 e. The van der Waals surface area contributed by atoms with Crippen molar-refractivity contribution in [2.75, 3.05) is 12.4 Å². The lowest BCUT2D eigenvalue weighted by Crippen LogP contribution is -2.48. The summed E-state index contributed by atoms with van der Waals surface area (Å²) in [6.45, 7) is 2.08. The number of aliphatic hydroxyl groups is 1. The molecule has 2 rings (SSSR count). The highest BCUT2D eigenvalue weighted by molar-refractivity contribution is 7.85. The van der Waals surface area contributed by atoms with Crippen molar-refractivity contribution in [2.24, 2.45) is 5.92 Å². The molecule has 0 spiro atoms. The lowest BCUT2D eigenvalue weighted by Gasteiger charge is -2.29. The SMILES string of the molecule is CCS(=O)C1CCCC(NC(=O)N[C@@H]2C=C[C@H](CO)C2)C1. The molecule has 0 saturated heterocycles. The third kappa shape index (κ3) is 4.81. The zero-order valence-corrected chi connectivity index (χ0v) is 13.4. The Morgan fingerprint density at radius 3 is 2.76 bits per heavy atom. The lowest BCUT2D eigenvalue weighted by molar-refractivity contribution is 0.225. The lowest BCUT2D eigenvalue weighted by atomic mass is 9.95. The van der Waals surface area contributed by atoms with E-state index in [-0.39, 0.29) is 35.9 Å². The molecular weight excluding hydrogens is 288 g/mol. The van der Waals surface area contributed by atoms with Gasteiger partial charge in [0, 0.05) is 46.4 Å². The summed E-state index contributed by atoms with van der Waals surface area (Å²) in [4.78, 5) is 12.0. The van der Waals surface area contributed by atoms with Crippen LogP contribution in [0.4, 0.5) is 4.79 Å². The molecule has 0 aromatic rings. The number of carbonyl (C=O) groups excluding carboxylic acids is 1. The van der Waals surface area contributed by atoms with Gasteiger partial charge < -0.3 is 15.7 Å². The highest BCUT2D eigenvalue weighted by Crippen LogP contribution is 2.23. The first-order valence-electron chi connectivity index (χ1n) is 7.85. The molecule has 0 bridgehead atoms. The van der Waals surface area contributed by atoms with Gasteiger partial charge in [0.1, 0.15) is 0 Å². The number of urea groups is 1. The molecule has 3 unspecified atom stereocenters. The minimum Gasteiger partial charge on any atom is -0.396 e. The fourth-order valence-electron chi connectivity index (χ4n) is 3.16. The van der Waals surface area contributed by atoms with Gasteiger partial charge in [-0.15, -0.1) is 0 Å². The Labute approximate surface area is 129 Å². The minimum atomic E-state index is -0.770. The van der Waals surface area contributed by atoms with Crippen molar-refractivity contribution in [3.8, 4) is 0 Å². The molecule has 120 valence electrons. The van der Waals surface area contributed by atoms with Crippen molar-refractivity contribution >= 4 is 16.8 Å². The van der Waals surface area contributed by atoms with Crippen LogP contribution in [-0.2, 0) is 10.8 Å². The zero-order chi connectivity index (χ0) is 15.2. The molecule has 6 heteroatoms. The molecule has 2 aliphatic carbocycles. The van der Waals surface area contributed by atoms with E-state index in [4.69, 9.17) is 5.11 Å². The molecule has 0 aromatic heterocycles. The van der Waals surface area contributed by atoms with E-state index in [0.29, 0.717) is 5.75 Å². The Hall–Kier alpha value is -0.880. The number of hydrogen-bond donors (Lipinski definition) is 3. The van der Waals surface area contributed by atoms with Gasteiger partial charge in [0.2, 0.25) is 0 Å². The van der Waals surface area contributed by atoms with Crippen LogP contribution in [0, 0.1) is 5.92 Å². The normalized spacial score (nSPS) is 33.6. The van der Waals surface area contributed by atoms with E-state index in [9.17, 15) is 9.00 Å². The number of carbonyl (C=O) groups is 1. The summed E-state index contributed by atoms with van der Waals surface area (Å²) < 4.78 is 11.9. The molecule has 0 radical (unpaired) electrons. The third-order valence-electron chi connectivity index (χ3n) is 4.34. The second kappa shape index (κ2) is 7.94. The molecule has 2 amide bonds. The van der Waals surface area contributed by atoms with Crippen LogP contribution < -0.4 is 10.6 Å². The first-order chi connectivity index (χ1) is 10.1. The van der Waals surface area contributed by atoms with Crippen LogP contribution in [0.5, 0.6) is 0 Å². The number of rotatable bonds is 5. The highest BCUT2D eigenvalue weighted by Gasteiger charge is 2.27. The Morgan fingerprint density at radius 1 is 1.29 bits per heavy atom. The van der Waals surface area contributed by atoms with Gasteiger partial charge in [0.05, 0.1) is 0 Å². The van der Waals surface area contributed by atoms with Gasteiger partial charge in [0.15, 0.2) is 0 Å². The maximum Gasteiger partial charge on any atom is 0.315 e. The van der Waals surface area contributed by atoms with Crippen LogP contribution in [0.1, 0.15) is 39.0 Å². The van der Waals surface area contributed by atoms with E-state index < -0.39 is 10.8 Å². The number of nitrogens with one attached hydrogen (secondary N) is 2. The van der Waals surface area contributed by atoms with Gasteiger partial charge in [0.25, 0.3) is 0 Å². The van der Waals surface area contributed by atoms with Crippen LogP contribution >= 0.6 is 0 Å². The Morgan fingerprint density at radius 2 is 2.10 bits per heavy atom. The Balaban J connectivity index is 1.75.